The predicted octanol–water partition coefficient (Wildman–Crippen LogP) is 2.15. The number of likely N-dealkylation sites (tertiary alicyclic amines) is 1. The Kier molecular flexibility index (Phi) is 5.70. The molecule has 2 rings (SSSR count). The number of benzene rings is 1. The standard InChI is InChI=1S/C14H17F3N2O2.ClH/c15-14(16,17)13(21)7-8-19(9-13)12(20)6-5-10-3-1-2-4-11(10)18;/h1-4,21H,5-9,18H2;1H. The largest absolute Gasteiger partial charge is 0.419 e. The molecule has 4 nitrogen and oxygen atoms in total. The van der Waals surface area contributed by atoms with Gasteiger partial charge in [-0.25, -0.2) is 0 Å². The first-order valence-electron chi connectivity index (χ1n) is 6.63. The van der Waals surface area contributed by atoms with Gasteiger partial charge >= 0.3 is 6.18 Å². The van der Waals surface area contributed by atoms with E-state index in [0.717, 1.165) is 10.5 Å². The molecule has 8 heteroatoms. The quantitative estimate of drug-likeness (QED) is 0.830. The molecule has 0 saturated carbocycles. The number of carbonyl (C=O) groups is 1. The average molecular weight is 339 g/mol. The van der Waals surface area contributed by atoms with Crippen LogP contribution in [0.15, 0.2) is 24.3 Å². The number of hydrogen-bond donors (Lipinski definition) is 2. The van der Waals surface area contributed by atoms with E-state index in [1.807, 2.05) is 0 Å². The Balaban J connectivity index is 0.00000242. The SMILES string of the molecule is Cl.Nc1ccccc1CCC(=O)N1CCC(O)(C(F)(F)F)C1. The summed E-state index contributed by atoms with van der Waals surface area (Å²) in [5.41, 5.74) is 4.31. The van der Waals surface area contributed by atoms with Gasteiger partial charge < -0.3 is 15.7 Å². The molecule has 1 saturated heterocycles. The van der Waals surface area contributed by atoms with Gasteiger partial charge in [0, 0.05) is 25.1 Å². The Labute approximate surface area is 132 Å². The highest BCUT2D eigenvalue weighted by Crippen LogP contribution is 2.37. The fourth-order valence-corrected chi connectivity index (χ4v) is 2.40. The third-order valence-electron chi connectivity index (χ3n) is 3.79. The minimum atomic E-state index is -4.72. The van der Waals surface area contributed by atoms with E-state index in [1.54, 1.807) is 24.3 Å². The van der Waals surface area contributed by atoms with Crippen LogP contribution >= 0.6 is 12.4 Å². The zero-order valence-electron chi connectivity index (χ0n) is 11.8. The van der Waals surface area contributed by atoms with Gasteiger partial charge in [-0.15, -0.1) is 12.4 Å². The molecule has 1 unspecified atom stereocenters. The molecule has 1 fully saturated rings. The van der Waals surface area contributed by atoms with Crippen molar-refractivity contribution in [2.45, 2.75) is 31.0 Å². The fraction of sp³-hybridized carbons (Fsp3) is 0.500. The Morgan fingerprint density at radius 3 is 2.55 bits per heavy atom. The molecule has 22 heavy (non-hydrogen) atoms. The van der Waals surface area contributed by atoms with E-state index in [4.69, 9.17) is 5.73 Å². The lowest BCUT2D eigenvalue weighted by Crippen LogP contribution is -2.48. The zero-order valence-corrected chi connectivity index (χ0v) is 12.6. The molecule has 1 amide bonds. The number of β-amino-alcohol motifs (C(OH)–C–C–N with tert-alkyl or cyclic N) is 1. The highest BCUT2D eigenvalue weighted by molar-refractivity contribution is 5.85. The number of anilines is 1. The van der Waals surface area contributed by atoms with Crippen LogP contribution in [0.4, 0.5) is 18.9 Å². The number of rotatable bonds is 3. The number of aliphatic hydroxyl groups is 1. The highest BCUT2D eigenvalue weighted by atomic mass is 35.5. The first-order valence-corrected chi connectivity index (χ1v) is 6.63. The second kappa shape index (κ2) is 6.75. The van der Waals surface area contributed by atoms with Crippen molar-refractivity contribution in [2.24, 2.45) is 0 Å². The third kappa shape index (κ3) is 3.84. The molecule has 0 bridgehead atoms. The average Bonchev–Trinajstić information content (AvgIpc) is 2.81. The third-order valence-corrected chi connectivity index (χ3v) is 3.79. The molecule has 1 heterocycles. The van der Waals surface area contributed by atoms with Gasteiger partial charge in [0.05, 0.1) is 6.54 Å². The van der Waals surface area contributed by atoms with Crippen molar-refractivity contribution in [1.82, 2.24) is 4.90 Å². The Morgan fingerprint density at radius 1 is 1.36 bits per heavy atom. The zero-order chi connectivity index (χ0) is 15.7. The molecular weight excluding hydrogens is 321 g/mol. The molecule has 0 aliphatic carbocycles. The second-order valence-electron chi connectivity index (χ2n) is 5.29. The topological polar surface area (TPSA) is 66.6 Å². The molecule has 1 aliphatic heterocycles. The van der Waals surface area contributed by atoms with Crippen LogP contribution in [-0.4, -0.2) is 40.8 Å². The van der Waals surface area contributed by atoms with E-state index < -0.39 is 30.7 Å². The first-order chi connectivity index (χ1) is 9.73. The van der Waals surface area contributed by atoms with Gasteiger partial charge in [0.1, 0.15) is 0 Å². The summed E-state index contributed by atoms with van der Waals surface area (Å²) in [6.45, 7) is -0.779. The van der Waals surface area contributed by atoms with Gasteiger partial charge in [-0.1, -0.05) is 18.2 Å². The summed E-state index contributed by atoms with van der Waals surface area (Å²) in [5.74, 6) is -0.404. The summed E-state index contributed by atoms with van der Waals surface area (Å²) in [5, 5.41) is 9.54. The van der Waals surface area contributed by atoms with E-state index in [2.05, 4.69) is 0 Å². The molecule has 0 radical (unpaired) electrons. The van der Waals surface area contributed by atoms with Crippen molar-refractivity contribution in [3.8, 4) is 0 Å². The normalized spacial score (nSPS) is 21.5. The summed E-state index contributed by atoms with van der Waals surface area (Å²) in [7, 11) is 0. The van der Waals surface area contributed by atoms with Crippen LogP contribution in [0.1, 0.15) is 18.4 Å². The van der Waals surface area contributed by atoms with Crippen molar-refractivity contribution < 1.29 is 23.1 Å². The summed E-state index contributed by atoms with van der Waals surface area (Å²) in [4.78, 5) is 13.0. The summed E-state index contributed by atoms with van der Waals surface area (Å²) in [6, 6.07) is 7.04. The highest BCUT2D eigenvalue weighted by Gasteiger charge is 2.57. The van der Waals surface area contributed by atoms with Crippen LogP contribution in [-0.2, 0) is 11.2 Å². The maximum absolute atomic E-state index is 12.7. The molecule has 1 aromatic carbocycles. The van der Waals surface area contributed by atoms with Gasteiger partial charge in [0.2, 0.25) is 5.91 Å². The molecular formula is C14H18ClF3N2O2. The van der Waals surface area contributed by atoms with Crippen molar-refractivity contribution in [3.63, 3.8) is 0 Å². The maximum Gasteiger partial charge on any atom is 0.419 e. The van der Waals surface area contributed by atoms with E-state index in [-0.39, 0.29) is 25.4 Å². The van der Waals surface area contributed by atoms with Crippen LogP contribution in [0, 0.1) is 0 Å². The van der Waals surface area contributed by atoms with Crippen molar-refractivity contribution in [1.29, 1.82) is 0 Å². The van der Waals surface area contributed by atoms with E-state index in [0.29, 0.717) is 12.1 Å². The number of para-hydroxylation sites is 1. The van der Waals surface area contributed by atoms with E-state index in [1.165, 1.54) is 0 Å². The van der Waals surface area contributed by atoms with Crippen molar-refractivity contribution >= 4 is 24.0 Å². The number of nitrogens with zero attached hydrogens (tertiary/aromatic N) is 1. The molecule has 1 atom stereocenters. The summed E-state index contributed by atoms with van der Waals surface area (Å²) < 4.78 is 38.0. The van der Waals surface area contributed by atoms with Gasteiger partial charge in [-0.3, -0.25) is 4.79 Å². The van der Waals surface area contributed by atoms with Gasteiger partial charge in [0.15, 0.2) is 5.60 Å². The number of nitrogens with two attached hydrogens (primary N) is 1. The van der Waals surface area contributed by atoms with E-state index in [9.17, 15) is 23.1 Å². The molecule has 1 aliphatic rings. The molecule has 0 aromatic heterocycles. The number of nitrogen functional groups attached to an aromatic ring is 1. The Hall–Kier alpha value is -1.47. The van der Waals surface area contributed by atoms with Gasteiger partial charge in [0.25, 0.3) is 0 Å². The van der Waals surface area contributed by atoms with Gasteiger partial charge in [-0.2, -0.15) is 13.2 Å². The lowest BCUT2D eigenvalue weighted by Gasteiger charge is -2.25. The van der Waals surface area contributed by atoms with Crippen LogP contribution in [0.3, 0.4) is 0 Å². The fourth-order valence-electron chi connectivity index (χ4n) is 2.40. The number of halogens is 4. The molecule has 124 valence electrons. The number of carbonyl (C=O) groups excluding carboxylic acids is 1. The van der Waals surface area contributed by atoms with Crippen LogP contribution < -0.4 is 5.73 Å². The van der Waals surface area contributed by atoms with Crippen LogP contribution in [0.25, 0.3) is 0 Å². The summed E-state index contributed by atoms with van der Waals surface area (Å²) >= 11 is 0. The molecule has 0 spiro atoms. The minimum Gasteiger partial charge on any atom is -0.399 e. The second-order valence-corrected chi connectivity index (χ2v) is 5.29. The molecule has 1 aromatic rings. The predicted molar refractivity (Wildman–Crippen MR) is 78.6 cm³/mol. The van der Waals surface area contributed by atoms with Crippen molar-refractivity contribution in [3.05, 3.63) is 29.8 Å². The van der Waals surface area contributed by atoms with Crippen molar-refractivity contribution in [2.75, 3.05) is 18.8 Å². The number of amides is 1. The van der Waals surface area contributed by atoms with E-state index >= 15 is 0 Å². The first kappa shape index (κ1) is 18.6. The number of hydrogen-bond acceptors (Lipinski definition) is 3. The van der Waals surface area contributed by atoms with Gasteiger partial charge in [-0.05, 0) is 18.1 Å². The maximum atomic E-state index is 12.7. The van der Waals surface area contributed by atoms with Crippen LogP contribution in [0.5, 0.6) is 0 Å². The lowest BCUT2D eigenvalue weighted by molar-refractivity contribution is -0.253. The Bertz CT molecular complexity index is 539. The summed E-state index contributed by atoms with van der Waals surface area (Å²) in [6.07, 6.45) is -4.75. The minimum absolute atomic E-state index is 0. The smallest absolute Gasteiger partial charge is 0.399 e. The number of alkyl halides is 3. The number of aryl methyl sites for hydroxylation is 1. The molecule has 3 N–H and O–H groups in total. The van der Waals surface area contributed by atoms with Crippen LogP contribution in [0.2, 0.25) is 0 Å². The Morgan fingerprint density at radius 2 is 2.00 bits per heavy atom. The monoisotopic (exact) mass is 338 g/mol. The lowest BCUT2D eigenvalue weighted by atomic mass is 10.0.